The Kier molecular flexibility index (Phi) is 5.92. The van der Waals surface area contributed by atoms with E-state index in [0.29, 0.717) is 31.4 Å². The average molecular weight is 421 g/mol. The minimum atomic E-state index is -0.557. The first-order valence-corrected chi connectivity index (χ1v) is 10.7. The van der Waals surface area contributed by atoms with E-state index in [-0.39, 0.29) is 24.5 Å². The summed E-state index contributed by atoms with van der Waals surface area (Å²) in [6.45, 7) is 6.62. The fraction of sp³-hybridized carbons (Fsp3) is 0.400. The molecule has 6 nitrogen and oxygen atoms in total. The third-order valence-electron chi connectivity index (χ3n) is 5.81. The van der Waals surface area contributed by atoms with E-state index in [0.717, 1.165) is 22.4 Å². The van der Waals surface area contributed by atoms with Gasteiger partial charge in [0.15, 0.2) is 5.78 Å². The predicted octanol–water partition coefficient (Wildman–Crippen LogP) is 4.18. The van der Waals surface area contributed by atoms with E-state index in [1.165, 1.54) is 0 Å². The first-order valence-electron chi connectivity index (χ1n) is 10.7. The number of allylic oxidation sites excluding steroid dienone is 1. The van der Waals surface area contributed by atoms with Crippen LogP contribution in [0.2, 0.25) is 0 Å². The molecule has 2 heterocycles. The monoisotopic (exact) mass is 420 g/mol. The van der Waals surface area contributed by atoms with Crippen LogP contribution in [0.15, 0.2) is 48.8 Å². The van der Waals surface area contributed by atoms with Crippen molar-refractivity contribution in [1.82, 2.24) is 9.88 Å². The molecule has 1 aromatic heterocycles. The van der Waals surface area contributed by atoms with E-state index in [1.807, 2.05) is 45.0 Å². The summed E-state index contributed by atoms with van der Waals surface area (Å²) in [4.78, 5) is 31.3. The van der Waals surface area contributed by atoms with Gasteiger partial charge < -0.3 is 14.4 Å². The molecule has 0 N–H and O–H groups in total. The molecule has 1 saturated heterocycles. The maximum atomic E-state index is 13.0. The number of benzene rings is 1. The van der Waals surface area contributed by atoms with Crippen LogP contribution >= 0.6 is 0 Å². The summed E-state index contributed by atoms with van der Waals surface area (Å²) < 4.78 is 12.0. The van der Waals surface area contributed by atoms with Gasteiger partial charge in [-0.2, -0.15) is 0 Å². The molecule has 1 atom stereocenters. The number of amides is 1. The standard InChI is InChI=1S/C25H28N2O4/c1-17(2)31-23-7-6-19(11-18(23)3)24(29)27-10-8-25(30-16-27)13-21(12-22(28)14-25)20-5-4-9-26-15-20/h4-7,9,11-12,15,17H,8,10,13-14,16H2,1-3H3. The number of nitrogens with zero attached hydrogens (tertiary/aromatic N) is 2. The topological polar surface area (TPSA) is 68.7 Å². The van der Waals surface area contributed by atoms with Crippen molar-refractivity contribution >= 4 is 17.3 Å². The van der Waals surface area contributed by atoms with E-state index in [1.54, 1.807) is 29.4 Å². The quantitative estimate of drug-likeness (QED) is 0.742. The Morgan fingerprint density at radius 3 is 2.74 bits per heavy atom. The molecule has 1 aliphatic heterocycles. The molecular weight excluding hydrogens is 392 g/mol. The van der Waals surface area contributed by atoms with Gasteiger partial charge >= 0.3 is 0 Å². The SMILES string of the molecule is Cc1cc(C(=O)N2CCC3(CC(=O)C=C(c4cccnc4)C3)OC2)ccc1OC(C)C. The summed E-state index contributed by atoms with van der Waals surface area (Å²) in [7, 11) is 0. The normalized spacial score (nSPS) is 21.4. The molecule has 1 amide bonds. The highest BCUT2D eigenvalue weighted by atomic mass is 16.5. The first-order chi connectivity index (χ1) is 14.8. The summed E-state index contributed by atoms with van der Waals surface area (Å²) in [6.07, 6.45) is 6.88. The number of aromatic nitrogens is 1. The van der Waals surface area contributed by atoms with Gasteiger partial charge in [-0.3, -0.25) is 14.6 Å². The molecule has 1 unspecified atom stereocenters. The van der Waals surface area contributed by atoms with Gasteiger partial charge in [0.25, 0.3) is 5.91 Å². The van der Waals surface area contributed by atoms with E-state index < -0.39 is 5.60 Å². The van der Waals surface area contributed by atoms with Gasteiger partial charge in [-0.25, -0.2) is 0 Å². The molecule has 1 fully saturated rings. The van der Waals surface area contributed by atoms with E-state index >= 15 is 0 Å². The molecular formula is C25H28N2O4. The number of aryl methyl sites for hydroxylation is 1. The number of carbonyl (C=O) groups excluding carboxylic acids is 2. The molecule has 0 saturated carbocycles. The van der Waals surface area contributed by atoms with Crippen LogP contribution in [0.1, 0.15) is 54.6 Å². The Balaban J connectivity index is 1.44. The average Bonchev–Trinajstić information content (AvgIpc) is 2.75. The lowest BCUT2D eigenvalue weighted by Crippen LogP contribution is -2.50. The molecule has 0 bridgehead atoms. The Morgan fingerprint density at radius 1 is 1.26 bits per heavy atom. The maximum absolute atomic E-state index is 13.0. The summed E-state index contributed by atoms with van der Waals surface area (Å²) in [5.41, 5.74) is 2.87. The van der Waals surface area contributed by atoms with Gasteiger partial charge in [-0.1, -0.05) is 6.07 Å². The molecule has 0 radical (unpaired) electrons. The van der Waals surface area contributed by atoms with Crippen molar-refractivity contribution in [3.05, 3.63) is 65.5 Å². The minimum Gasteiger partial charge on any atom is -0.491 e. The molecule has 31 heavy (non-hydrogen) atoms. The molecule has 6 heteroatoms. The Morgan fingerprint density at radius 2 is 2.10 bits per heavy atom. The lowest BCUT2D eigenvalue weighted by atomic mass is 9.79. The minimum absolute atomic E-state index is 0.0567. The molecule has 1 aliphatic carbocycles. The second-order valence-corrected chi connectivity index (χ2v) is 8.65. The van der Waals surface area contributed by atoms with Crippen molar-refractivity contribution in [3.8, 4) is 5.75 Å². The number of carbonyl (C=O) groups is 2. The van der Waals surface area contributed by atoms with Gasteiger partial charge in [0.2, 0.25) is 0 Å². The van der Waals surface area contributed by atoms with Gasteiger partial charge in [-0.15, -0.1) is 0 Å². The van der Waals surface area contributed by atoms with Crippen LogP contribution in [0, 0.1) is 6.92 Å². The zero-order valence-electron chi connectivity index (χ0n) is 18.3. The van der Waals surface area contributed by atoms with Gasteiger partial charge in [0.1, 0.15) is 12.5 Å². The number of ketones is 1. The van der Waals surface area contributed by atoms with E-state index in [4.69, 9.17) is 9.47 Å². The fourth-order valence-electron chi connectivity index (χ4n) is 4.24. The smallest absolute Gasteiger partial charge is 0.255 e. The van der Waals surface area contributed by atoms with Gasteiger partial charge in [0.05, 0.1) is 11.7 Å². The van der Waals surface area contributed by atoms with Gasteiger partial charge in [-0.05, 0) is 74.2 Å². The number of rotatable bonds is 4. The predicted molar refractivity (Wildman–Crippen MR) is 118 cm³/mol. The molecule has 1 aromatic carbocycles. The zero-order valence-corrected chi connectivity index (χ0v) is 18.3. The highest BCUT2D eigenvalue weighted by Gasteiger charge is 2.41. The molecule has 1 spiro atoms. The van der Waals surface area contributed by atoms with E-state index in [2.05, 4.69) is 4.98 Å². The number of hydrogen-bond acceptors (Lipinski definition) is 5. The number of ether oxygens (including phenoxy) is 2. The van der Waals surface area contributed by atoms with Crippen LogP contribution < -0.4 is 4.74 Å². The summed E-state index contributed by atoms with van der Waals surface area (Å²) >= 11 is 0. The summed E-state index contributed by atoms with van der Waals surface area (Å²) in [5.74, 6) is 0.774. The third-order valence-corrected chi connectivity index (χ3v) is 5.81. The van der Waals surface area contributed by atoms with Crippen LogP contribution in [-0.2, 0) is 9.53 Å². The fourth-order valence-corrected chi connectivity index (χ4v) is 4.24. The van der Waals surface area contributed by atoms with Crippen molar-refractivity contribution in [3.63, 3.8) is 0 Å². The maximum Gasteiger partial charge on any atom is 0.255 e. The van der Waals surface area contributed by atoms with Crippen molar-refractivity contribution < 1.29 is 19.1 Å². The summed E-state index contributed by atoms with van der Waals surface area (Å²) in [6, 6.07) is 9.32. The van der Waals surface area contributed by atoms with Crippen LogP contribution in [0.5, 0.6) is 5.75 Å². The van der Waals surface area contributed by atoms with Crippen LogP contribution in [0.25, 0.3) is 5.57 Å². The van der Waals surface area contributed by atoms with Crippen molar-refractivity contribution in [2.75, 3.05) is 13.3 Å². The van der Waals surface area contributed by atoms with Crippen molar-refractivity contribution in [2.24, 2.45) is 0 Å². The van der Waals surface area contributed by atoms with Crippen LogP contribution in [0.4, 0.5) is 0 Å². The lowest BCUT2D eigenvalue weighted by Gasteiger charge is -2.43. The zero-order chi connectivity index (χ0) is 22.0. The third kappa shape index (κ3) is 4.69. The van der Waals surface area contributed by atoms with Gasteiger partial charge in [0, 0.05) is 37.3 Å². The molecule has 4 rings (SSSR count). The molecule has 2 aromatic rings. The van der Waals surface area contributed by atoms with Crippen LogP contribution in [0.3, 0.4) is 0 Å². The first kappa shape index (κ1) is 21.2. The number of pyridine rings is 1. The highest BCUT2D eigenvalue weighted by molar-refractivity contribution is 5.99. The number of hydrogen-bond donors (Lipinski definition) is 0. The van der Waals surface area contributed by atoms with Crippen LogP contribution in [-0.4, -0.2) is 46.6 Å². The molecule has 162 valence electrons. The highest BCUT2D eigenvalue weighted by Crippen LogP contribution is 2.39. The molecule has 2 aliphatic rings. The Labute approximate surface area is 182 Å². The van der Waals surface area contributed by atoms with Crippen molar-refractivity contribution in [2.45, 2.75) is 51.7 Å². The Bertz CT molecular complexity index is 1010. The largest absolute Gasteiger partial charge is 0.491 e. The second-order valence-electron chi connectivity index (χ2n) is 8.65. The lowest BCUT2D eigenvalue weighted by molar-refractivity contribution is -0.142. The van der Waals surface area contributed by atoms with Crippen molar-refractivity contribution in [1.29, 1.82) is 0 Å². The second kappa shape index (κ2) is 8.63. The summed E-state index contributed by atoms with van der Waals surface area (Å²) in [5, 5.41) is 0. The van der Waals surface area contributed by atoms with E-state index in [9.17, 15) is 9.59 Å². The Hall–Kier alpha value is -2.99.